The van der Waals surface area contributed by atoms with Crippen molar-refractivity contribution >= 4 is 29.1 Å². The third kappa shape index (κ3) is 4.45. The first kappa shape index (κ1) is 20.1. The molecule has 2 aromatic rings. The Morgan fingerprint density at radius 2 is 1.56 bits per heavy atom. The first-order valence-corrected chi connectivity index (χ1v) is 9.38. The maximum atomic E-state index is 12.8. The Balaban J connectivity index is 1.99. The van der Waals surface area contributed by atoms with Crippen molar-refractivity contribution in [2.24, 2.45) is 0 Å². The monoisotopic (exact) mass is 409 g/mol. The van der Waals surface area contributed by atoms with Gasteiger partial charge in [0.05, 0.1) is 18.8 Å². The molecule has 7 heteroatoms. The van der Waals surface area contributed by atoms with Crippen LogP contribution in [-0.4, -0.2) is 46.9 Å². The third-order valence-corrected chi connectivity index (χ3v) is 5.25. The molecule has 5 nitrogen and oxygen atoms in total. The van der Waals surface area contributed by atoms with Crippen LogP contribution in [0.1, 0.15) is 29.7 Å². The summed E-state index contributed by atoms with van der Waals surface area (Å²) in [6, 6.07) is 14.2. The van der Waals surface area contributed by atoms with E-state index in [1.54, 1.807) is 36.2 Å². The minimum atomic E-state index is -1.02. The maximum Gasteiger partial charge on any atom is 0.252 e. The fourth-order valence-electron chi connectivity index (χ4n) is 3.33. The van der Waals surface area contributed by atoms with Crippen LogP contribution in [0.25, 0.3) is 0 Å². The summed E-state index contributed by atoms with van der Waals surface area (Å²) in [5, 5.41) is 20.1. The Hall–Kier alpha value is -1.63. The fraction of sp³-hybridized carbons (Fsp3) is 0.350. The van der Waals surface area contributed by atoms with Crippen molar-refractivity contribution in [1.82, 2.24) is 4.90 Å². The van der Waals surface area contributed by atoms with Crippen molar-refractivity contribution in [2.75, 3.05) is 13.7 Å². The number of amides is 1. The zero-order valence-electron chi connectivity index (χ0n) is 14.8. The van der Waals surface area contributed by atoms with Gasteiger partial charge in [-0.25, -0.2) is 0 Å². The largest absolute Gasteiger partial charge is 0.394 e. The molecule has 2 aromatic carbocycles. The highest BCUT2D eigenvalue weighted by molar-refractivity contribution is 6.30. The number of benzene rings is 2. The van der Waals surface area contributed by atoms with Crippen LogP contribution in [0.2, 0.25) is 10.0 Å². The van der Waals surface area contributed by atoms with Crippen molar-refractivity contribution in [3.8, 4) is 0 Å². The topological polar surface area (TPSA) is 70.0 Å². The van der Waals surface area contributed by atoms with Crippen LogP contribution in [0.15, 0.2) is 48.5 Å². The number of carbonyl (C=O) groups is 1. The molecular formula is C20H21Cl2NO4. The summed E-state index contributed by atoms with van der Waals surface area (Å²) in [7, 11) is 1.71. The van der Waals surface area contributed by atoms with Crippen molar-refractivity contribution in [1.29, 1.82) is 0 Å². The van der Waals surface area contributed by atoms with Gasteiger partial charge in [0.25, 0.3) is 5.91 Å². The van der Waals surface area contributed by atoms with E-state index in [4.69, 9.17) is 33.0 Å². The van der Waals surface area contributed by atoms with E-state index in [1.807, 2.05) is 24.3 Å². The van der Waals surface area contributed by atoms with E-state index in [0.717, 1.165) is 11.1 Å². The van der Waals surface area contributed by atoms with Gasteiger partial charge >= 0.3 is 0 Å². The summed E-state index contributed by atoms with van der Waals surface area (Å²) in [5.41, 5.74) is 1.75. The van der Waals surface area contributed by atoms with E-state index < -0.39 is 24.9 Å². The molecule has 1 aliphatic rings. The quantitative estimate of drug-likeness (QED) is 0.793. The molecule has 1 heterocycles. The molecule has 4 atom stereocenters. The number of rotatable bonds is 5. The molecule has 0 bridgehead atoms. The van der Waals surface area contributed by atoms with E-state index in [0.29, 0.717) is 10.0 Å². The van der Waals surface area contributed by atoms with Crippen LogP contribution in [0, 0.1) is 0 Å². The molecule has 1 fully saturated rings. The third-order valence-electron chi connectivity index (χ3n) is 4.74. The first-order valence-electron chi connectivity index (χ1n) is 8.62. The SMILES string of the molecule is CN1C(=O)[C@H](C[C@H](O)CO)O[C@@H](c2ccc(Cl)cc2)[C@H]1c1ccc(Cl)cc1. The minimum absolute atomic E-state index is 0.0249. The normalized spacial score (nSPS) is 24.1. The highest BCUT2D eigenvalue weighted by Gasteiger charge is 2.42. The highest BCUT2D eigenvalue weighted by Crippen LogP contribution is 2.42. The summed E-state index contributed by atoms with van der Waals surface area (Å²) < 4.78 is 6.13. The predicted octanol–water partition coefficient (Wildman–Crippen LogP) is 3.38. The van der Waals surface area contributed by atoms with Gasteiger partial charge in [-0.05, 0) is 35.4 Å². The zero-order chi connectivity index (χ0) is 19.6. The molecule has 0 aromatic heterocycles. The van der Waals surface area contributed by atoms with Crippen LogP contribution >= 0.6 is 23.2 Å². The number of hydrogen-bond donors (Lipinski definition) is 2. The molecule has 0 aliphatic carbocycles. The lowest BCUT2D eigenvalue weighted by molar-refractivity contribution is -0.175. The first-order chi connectivity index (χ1) is 12.9. The number of morpholine rings is 1. The molecule has 1 aliphatic heterocycles. The molecule has 1 amide bonds. The van der Waals surface area contributed by atoms with Gasteiger partial charge in [-0.2, -0.15) is 0 Å². The maximum absolute atomic E-state index is 12.8. The molecule has 0 unspecified atom stereocenters. The lowest BCUT2D eigenvalue weighted by Gasteiger charge is -2.43. The Morgan fingerprint density at radius 1 is 1.04 bits per heavy atom. The smallest absolute Gasteiger partial charge is 0.252 e. The lowest BCUT2D eigenvalue weighted by atomic mass is 9.91. The Bertz CT molecular complexity index is 782. The summed E-state index contributed by atoms with van der Waals surface area (Å²) in [6.45, 7) is -0.428. The molecule has 27 heavy (non-hydrogen) atoms. The number of halogens is 2. The van der Waals surface area contributed by atoms with E-state index in [2.05, 4.69) is 0 Å². The zero-order valence-corrected chi connectivity index (χ0v) is 16.3. The van der Waals surface area contributed by atoms with E-state index in [9.17, 15) is 9.90 Å². The Kier molecular flexibility index (Phi) is 6.40. The molecular weight excluding hydrogens is 389 g/mol. The number of ether oxygens (including phenoxy) is 1. The number of aliphatic hydroxyl groups excluding tert-OH is 2. The van der Waals surface area contributed by atoms with Crippen LogP contribution in [0.5, 0.6) is 0 Å². The molecule has 144 valence electrons. The van der Waals surface area contributed by atoms with Crippen LogP contribution in [0.4, 0.5) is 0 Å². The molecule has 2 N–H and O–H groups in total. The van der Waals surface area contributed by atoms with Crippen molar-refractivity contribution in [2.45, 2.75) is 30.8 Å². The van der Waals surface area contributed by atoms with E-state index in [1.165, 1.54) is 0 Å². The van der Waals surface area contributed by atoms with Gasteiger partial charge in [0.1, 0.15) is 12.2 Å². The molecule has 3 rings (SSSR count). The second-order valence-electron chi connectivity index (χ2n) is 6.61. The Labute approximate surface area is 168 Å². The number of carbonyl (C=O) groups excluding carboxylic acids is 1. The number of likely N-dealkylation sites (N-methyl/N-ethyl adjacent to an activating group) is 1. The highest BCUT2D eigenvalue weighted by atomic mass is 35.5. The average molecular weight is 410 g/mol. The van der Waals surface area contributed by atoms with Gasteiger partial charge in [0, 0.05) is 23.5 Å². The summed E-state index contributed by atoms with van der Waals surface area (Å²) in [6.07, 6.45) is -2.30. The summed E-state index contributed by atoms with van der Waals surface area (Å²) in [5.74, 6) is -0.243. The van der Waals surface area contributed by atoms with Crippen LogP contribution in [-0.2, 0) is 9.53 Å². The lowest BCUT2D eigenvalue weighted by Crippen LogP contribution is -2.50. The second-order valence-corrected chi connectivity index (χ2v) is 7.49. The van der Waals surface area contributed by atoms with Crippen molar-refractivity contribution < 1.29 is 19.7 Å². The van der Waals surface area contributed by atoms with Gasteiger partial charge < -0.3 is 19.8 Å². The number of aliphatic hydroxyl groups is 2. The number of hydrogen-bond acceptors (Lipinski definition) is 4. The fourth-order valence-corrected chi connectivity index (χ4v) is 3.58. The van der Waals surface area contributed by atoms with E-state index in [-0.39, 0.29) is 18.4 Å². The van der Waals surface area contributed by atoms with Gasteiger partial charge in [0.15, 0.2) is 0 Å². The van der Waals surface area contributed by atoms with Crippen LogP contribution in [0.3, 0.4) is 0 Å². The molecule has 1 saturated heterocycles. The van der Waals surface area contributed by atoms with Gasteiger partial charge in [-0.15, -0.1) is 0 Å². The average Bonchev–Trinajstić information content (AvgIpc) is 2.67. The van der Waals surface area contributed by atoms with Gasteiger partial charge in [0.2, 0.25) is 0 Å². The summed E-state index contributed by atoms with van der Waals surface area (Å²) >= 11 is 12.0. The molecule has 0 spiro atoms. The van der Waals surface area contributed by atoms with Crippen molar-refractivity contribution in [3.05, 3.63) is 69.7 Å². The molecule has 0 saturated carbocycles. The standard InChI is InChI=1S/C20H21Cl2NO4/c1-23-18(12-2-6-14(21)7-3-12)19(13-4-8-15(22)9-5-13)27-17(20(23)26)10-16(25)11-24/h2-9,16-19,24-25H,10-11H2,1H3/t16-,17-,18+,19-/m0/s1. The van der Waals surface area contributed by atoms with Crippen molar-refractivity contribution in [3.63, 3.8) is 0 Å². The Morgan fingerprint density at radius 3 is 2.07 bits per heavy atom. The predicted molar refractivity (Wildman–Crippen MR) is 104 cm³/mol. The van der Waals surface area contributed by atoms with Crippen LogP contribution < -0.4 is 0 Å². The number of nitrogens with zero attached hydrogens (tertiary/aromatic N) is 1. The molecule has 0 radical (unpaired) electrons. The minimum Gasteiger partial charge on any atom is -0.394 e. The van der Waals surface area contributed by atoms with Gasteiger partial charge in [-0.1, -0.05) is 47.5 Å². The summed E-state index contributed by atoms with van der Waals surface area (Å²) in [4.78, 5) is 14.4. The second kappa shape index (κ2) is 8.59. The van der Waals surface area contributed by atoms with E-state index >= 15 is 0 Å². The van der Waals surface area contributed by atoms with Gasteiger partial charge in [-0.3, -0.25) is 4.79 Å².